The molecule has 0 spiro atoms. The van der Waals surface area contributed by atoms with Gasteiger partial charge in [0.25, 0.3) is 0 Å². The Morgan fingerprint density at radius 3 is 0.974 bits per heavy atom. The van der Waals surface area contributed by atoms with Crippen LogP contribution in [0.15, 0.2) is 24.5 Å². The van der Waals surface area contributed by atoms with Crippen LogP contribution in [-0.2, 0) is 13.0 Å². The minimum absolute atomic E-state index is 1.19. The Kier molecular flexibility index (Phi) is 27.9. The van der Waals surface area contributed by atoms with Gasteiger partial charge in [-0.3, -0.25) is 0 Å². The van der Waals surface area contributed by atoms with E-state index in [9.17, 15) is 0 Å². The molecule has 0 aliphatic heterocycles. The number of aromatic nitrogens is 1. The number of nitrogens with zero attached hydrogens (tertiary/aromatic N) is 1. The second-order valence-corrected chi connectivity index (χ2v) is 12.7. The summed E-state index contributed by atoms with van der Waals surface area (Å²) in [4.78, 5) is 0. The maximum atomic E-state index is 2.40. The molecule has 1 aromatic rings. The fourth-order valence-corrected chi connectivity index (χ4v) is 5.99. The van der Waals surface area contributed by atoms with Crippen LogP contribution in [0.2, 0.25) is 0 Å². The summed E-state index contributed by atoms with van der Waals surface area (Å²) in [5.74, 6) is 0. The quantitative estimate of drug-likeness (QED) is 0.0648. The first-order valence-electron chi connectivity index (χ1n) is 18.3. The number of rotatable bonds is 31. The number of aryl methyl sites for hydroxylation is 2. The smallest absolute Gasteiger partial charge is 0.169 e. The number of hydrogen-bond acceptors (Lipinski definition) is 0. The normalized spacial score (nSPS) is 11.4. The van der Waals surface area contributed by atoms with Gasteiger partial charge in [0.1, 0.15) is 6.54 Å². The molecule has 1 aromatic heterocycles. The van der Waals surface area contributed by atoms with Crippen LogP contribution in [-0.4, -0.2) is 0 Å². The van der Waals surface area contributed by atoms with E-state index in [4.69, 9.17) is 0 Å². The molecule has 0 bridgehead atoms. The van der Waals surface area contributed by atoms with Crippen molar-refractivity contribution in [1.29, 1.82) is 0 Å². The van der Waals surface area contributed by atoms with Gasteiger partial charge in [-0.05, 0) is 24.8 Å². The van der Waals surface area contributed by atoms with Crippen LogP contribution in [0.4, 0.5) is 0 Å². The van der Waals surface area contributed by atoms with Crippen molar-refractivity contribution in [3.05, 3.63) is 30.1 Å². The van der Waals surface area contributed by atoms with Gasteiger partial charge >= 0.3 is 0 Å². The summed E-state index contributed by atoms with van der Waals surface area (Å²) in [6.45, 7) is 5.80. The second-order valence-electron chi connectivity index (χ2n) is 12.7. The zero-order chi connectivity index (χ0) is 27.9. The lowest BCUT2D eigenvalue weighted by Crippen LogP contribution is -2.32. The summed E-state index contributed by atoms with van der Waals surface area (Å²) in [7, 11) is 0. The van der Waals surface area contributed by atoms with Crippen LogP contribution in [0.3, 0.4) is 0 Å². The van der Waals surface area contributed by atoms with Crippen LogP contribution in [0.25, 0.3) is 0 Å². The third-order valence-corrected chi connectivity index (χ3v) is 8.80. The van der Waals surface area contributed by atoms with E-state index >= 15 is 0 Å². The lowest BCUT2D eigenvalue weighted by molar-refractivity contribution is -0.697. The first-order chi connectivity index (χ1) is 19.4. The molecule has 1 heterocycles. The van der Waals surface area contributed by atoms with Crippen molar-refractivity contribution in [3.63, 3.8) is 0 Å². The fraction of sp³-hybridized carbons (Fsp3) is 0.868. The zero-order valence-electron chi connectivity index (χ0n) is 27.2. The van der Waals surface area contributed by atoms with E-state index in [1.165, 1.54) is 205 Å². The highest BCUT2D eigenvalue weighted by Crippen LogP contribution is 2.15. The maximum Gasteiger partial charge on any atom is 0.169 e. The molecule has 1 heteroatoms. The van der Waals surface area contributed by atoms with Crippen LogP contribution in [0.1, 0.15) is 206 Å². The van der Waals surface area contributed by atoms with E-state index in [-0.39, 0.29) is 0 Å². The summed E-state index contributed by atoms with van der Waals surface area (Å²) in [5.41, 5.74) is 1.53. The summed E-state index contributed by atoms with van der Waals surface area (Å²) >= 11 is 0. The number of pyridine rings is 1. The molecule has 0 radical (unpaired) electrons. The standard InChI is InChI=1S/C38H72N/c1-3-5-7-9-11-13-15-17-18-19-21-23-25-27-29-31-35-39-36-33-38(34-37-39)32-30-28-26-24-22-20-16-14-12-10-8-6-4-2/h33-34,36-37H,3-32,35H2,1-2H3/q+1. The van der Waals surface area contributed by atoms with Gasteiger partial charge in [-0.15, -0.1) is 0 Å². The van der Waals surface area contributed by atoms with E-state index < -0.39 is 0 Å². The zero-order valence-corrected chi connectivity index (χ0v) is 27.2. The van der Waals surface area contributed by atoms with Gasteiger partial charge in [0, 0.05) is 18.6 Å². The fourth-order valence-electron chi connectivity index (χ4n) is 5.99. The van der Waals surface area contributed by atoms with Crippen molar-refractivity contribution in [2.75, 3.05) is 0 Å². The highest BCUT2D eigenvalue weighted by Gasteiger charge is 2.02. The van der Waals surface area contributed by atoms with E-state index in [1.807, 2.05) is 0 Å². The average molecular weight is 543 g/mol. The van der Waals surface area contributed by atoms with Gasteiger partial charge in [0.2, 0.25) is 0 Å². The van der Waals surface area contributed by atoms with Gasteiger partial charge in [-0.2, -0.15) is 0 Å². The summed E-state index contributed by atoms with van der Waals surface area (Å²) in [6, 6.07) is 4.74. The van der Waals surface area contributed by atoms with E-state index in [0.717, 1.165) is 0 Å². The highest BCUT2D eigenvalue weighted by atomic mass is 14.9. The topological polar surface area (TPSA) is 3.88 Å². The lowest BCUT2D eigenvalue weighted by Gasteiger charge is -2.04. The molecule has 39 heavy (non-hydrogen) atoms. The van der Waals surface area contributed by atoms with Crippen molar-refractivity contribution < 1.29 is 4.57 Å². The second kappa shape index (κ2) is 30.1. The third-order valence-electron chi connectivity index (χ3n) is 8.80. The molecule has 0 amide bonds. The van der Waals surface area contributed by atoms with Gasteiger partial charge in [-0.25, -0.2) is 4.57 Å². The molecule has 0 aromatic carbocycles. The van der Waals surface area contributed by atoms with Crippen LogP contribution < -0.4 is 4.57 Å². The maximum absolute atomic E-state index is 2.40. The summed E-state index contributed by atoms with van der Waals surface area (Å²) in [5, 5.41) is 0. The van der Waals surface area contributed by atoms with Crippen LogP contribution in [0, 0.1) is 0 Å². The van der Waals surface area contributed by atoms with Gasteiger partial charge in [0.05, 0.1) is 0 Å². The molecule has 0 saturated carbocycles. The Labute approximate surface area is 247 Å². The Morgan fingerprint density at radius 2 is 0.641 bits per heavy atom. The van der Waals surface area contributed by atoms with Crippen LogP contribution in [0.5, 0.6) is 0 Å². The molecule has 0 fully saturated rings. The molecule has 1 nitrogen and oxygen atoms in total. The molecule has 0 aliphatic carbocycles. The molecule has 0 saturated heterocycles. The number of unbranched alkanes of at least 4 members (excludes halogenated alkanes) is 27. The predicted molar refractivity (Wildman–Crippen MR) is 176 cm³/mol. The molecular formula is C38H72N+. The van der Waals surface area contributed by atoms with Crippen molar-refractivity contribution in [1.82, 2.24) is 0 Å². The molecule has 0 aliphatic rings. The van der Waals surface area contributed by atoms with Gasteiger partial charge in [0.15, 0.2) is 12.4 Å². The van der Waals surface area contributed by atoms with Crippen LogP contribution >= 0.6 is 0 Å². The van der Waals surface area contributed by atoms with E-state index in [2.05, 4.69) is 42.9 Å². The van der Waals surface area contributed by atoms with Crippen molar-refractivity contribution >= 4 is 0 Å². The lowest BCUT2D eigenvalue weighted by atomic mass is 10.0. The third kappa shape index (κ3) is 25.8. The largest absolute Gasteiger partial charge is 0.205 e. The molecule has 228 valence electrons. The highest BCUT2D eigenvalue weighted by molar-refractivity contribution is 5.07. The summed E-state index contributed by atoms with van der Waals surface area (Å²) in [6.07, 6.45) is 47.7. The Morgan fingerprint density at radius 1 is 0.359 bits per heavy atom. The molecule has 1 rings (SSSR count). The van der Waals surface area contributed by atoms with Gasteiger partial charge in [-0.1, -0.05) is 181 Å². The van der Waals surface area contributed by atoms with Crippen molar-refractivity contribution in [2.24, 2.45) is 0 Å². The minimum atomic E-state index is 1.19. The molecular weight excluding hydrogens is 470 g/mol. The predicted octanol–water partition coefficient (Wildman–Crippen LogP) is 12.9. The number of hydrogen-bond donors (Lipinski definition) is 0. The Bertz CT molecular complexity index is 577. The SMILES string of the molecule is CCCCCCCCCCCCCCCCCC[n+]1ccc(CCCCCCCCCCCCCCC)cc1. The van der Waals surface area contributed by atoms with E-state index in [1.54, 1.807) is 0 Å². The average Bonchev–Trinajstić information content (AvgIpc) is 2.96. The van der Waals surface area contributed by atoms with Crippen molar-refractivity contribution in [3.8, 4) is 0 Å². The van der Waals surface area contributed by atoms with Crippen molar-refractivity contribution in [2.45, 2.75) is 213 Å². The molecule has 0 atom stereocenters. The minimum Gasteiger partial charge on any atom is -0.205 e. The Hall–Kier alpha value is -0.850. The van der Waals surface area contributed by atoms with Gasteiger partial charge < -0.3 is 0 Å². The molecule has 0 N–H and O–H groups in total. The first kappa shape index (κ1) is 36.2. The first-order valence-corrected chi connectivity index (χ1v) is 18.3. The monoisotopic (exact) mass is 543 g/mol. The summed E-state index contributed by atoms with van der Waals surface area (Å²) < 4.78 is 2.40. The molecule has 0 unspecified atom stereocenters. The van der Waals surface area contributed by atoms with E-state index in [0.29, 0.717) is 0 Å². The Balaban J connectivity index is 1.82.